The molecule has 1 aromatic rings. The Balaban J connectivity index is 3.30. The predicted molar refractivity (Wildman–Crippen MR) is 133 cm³/mol. The van der Waals surface area contributed by atoms with Gasteiger partial charge in [-0.25, -0.2) is 4.79 Å². The van der Waals surface area contributed by atoms with Gasteiger partial charge in [-0.1, -0.05) is 38.5 Å². The molecule has 0 fully saturated rings. The summed E-state index contributed by atoms with van der Waals surface area (Å²) in [7, 11) is 0. The van der Waals surface area contributed by atoms with Crippen molar-refractivity contribution in [2.45, 2.75) is 72.1 Å². The number of hydrogen-bond donors (Lipinski definition) is 3. The van der Waals surface area contributed by atoms with Crippen molar-refractivity contribution in [1.82, 2.24) is 15.5 Å². The number of para-hydroxylation sites is 1. The molecule has 0 aromatic heterocycles. The Labute approximate surface area is 212 Å². The fourth-order valence-electron chi connectivity index (χ4n) is 3.31. The smallest absolute Gasteiger partial charge is 0.408 e. The van der Waals surface area contributed by atoms with Gasteiger partial charge in [-0.2, -0.15) is 0 Å². The van der Waals surface area contributed by atoms with Gasteiger partial charge in [0.25, 0.3) is 5.91 Å². The van der Waals surface area contributed by atoms with Crippen LogP contribution in [0.2, 0.25) is 0 Å². The van der Waals surface area contributed by atoms with Gasteiger partial charge in [0.2, 0.25) is 5.91 Å². The molecule has 0 heterocycles. The molecule has 2 atom stereocenters. The third-order valence-electron chi connectivity index (χ3n) is 4.74. The van der Waals surface area contributed by atoms with E-state index in [1.54, 1.807) is 39.8 Å². The number of esters is 1. The first-order valence-electron chi connectivity index (χ1n) is 11.8. The lowest BCUT2D eigenvalue weighted by Gasteiger charge is -2.31. The molecule has 0 saturated carbocycles. The van der Waals surface area contributed by atoms with E-state index in [9.17, 15) is 24.3 Å². The summed E-state index contributed by atoms with van der Waals surface area (Å²) < 4.78 is 10.1. The van der Waals surface area contributed by atoms with E-state index in [4.69, 9.17) is 15.9 Å². The first-order chi connectivity index (χ1) is 16.8. The molecule has 3 N–H and O–H groups in total. The minimum absolute atomic E-state index is 0.0181. The summed E-state index contributed by atoms with van der Waals surface area (Å²) in [6.07, 6.45) is 5.01. The van der Waals surface area contributed by atoms with E-state index >= 15 is 0 Å². The monoisotopic (exact) mass is 503 g/mol. The zero-order valence-electron chi connectivity index (χ0n) is 21.8. The normalized spacial score (nSPS) is 12.6. The molecule has 2 unspecified atom stereocenters. The lowest BCUT2D eigenvalue weighted by molar-refractivity contribution is -0.143. The van der Waals surface area contributed by atoms with E-state index in [2.05, 4.69) is 16.7 Å². The van der Waals surface area contributed by atoms with Crippen molar-refractivity contribution in [3.05, 3.63) is 29.8 Å². The van der Waals surface area contributed by atoms with E-state index in [0.29, 0.717) is 0 Å². The van der Waals surface area contributed by atoms with Crippen LogP contribution in [-0.2, 0) is 23.9 Å². The lowest BCUT2D eigenvalue weighted by atomic mass is 9.99. The maximum absolute atomic E-state index is 13.6. The summed E-state index contributed by atoms with van der Waals surface area (Å²) in [5, 5.41) is 15.6. The van der Waals surface area contributed by atoms with E-state index in [1.807, 2.05) is 13.8 Å². The number of aromatic hydroxyl groups is 1. The number of phenolic OH excluding ortho intramolecular Hbond substituents is 1. The number of rotatable bonds is 11. The molecule has 10 heteroatoms. The van der Waals surface area contributed by atoms with Crippen LogP contribution in [0.4, 0.5) is 4.79 Å². The number of nitrogens with one attached hydrogen (secondary N) is 2. The van der Waals surface area contributed by atoms with E-state index in [0.717, 1.165) is 4.90 Å². The molecular weight excluding hydrogens is 466 g/mol. The fraction of sp³-hybridized carbons (Fsp3) is 0.538. The summed E-state index contributed by atoms with van der Waals surface area (Å²) in [5.41, 5.74) is -0.712. The molecule has 0 aliphatic carbocycles. The van der Waals surface area contributed by atoms with Gasteiger partial charge in [-0.3, -0.25) is 19.3 Å². The predicted octanol–water partition coefficient (Wildman–Crippen LogP) is 2.86. The van der Waals surface area contributed by atoms with E-state index < -0.39 is 41.6 Å². The Hall–Kier alpha value is -3.74. The number of nitrogens with zero attached hydrogens (tertiary/aromatic N) is 1. The average Bonchev–Trinajstić information content (AvgIpc) is 2.75. The topological polar surface area (TPSA) is 134 Å². The van der Waals surface area contributed by atoms with Crippen molar-refractivity contribution in [3.8, 4) is 18.2 Å². The van der Waals surface area contributed by atoms with Gasteiger partial charge in [-0.15, -0.1) is 0 Å². The zero-order chi connectivity index (χ0) is 27.5. The summed E-state index contributed by atoms with van der Waals surface area (Å²) in [6.45, 7) is 10.6. The summed E-state index contributed by atoms with van der Waals surface area (Å²) in [5.74, 6) is -2.22. The minimum Gasteiger partial charge on any atom is -0.508 e. The Morgan fingerprint density at radius 3 is 2.33 bits per heavy atom. The number of terminal acetylenes is 1. The number of carbonyl (C=O) groups excluding carboxylic acids is 4. The van der Waals surface area contributed by atoms with Crippen LogP contribution in [0.3, 0.4) is 0 Å². The van der Waals surface area contributed by atoms with Gasteiger partial charge in [0.05, 0.1) is 13.0 Å². The van der Waals surface area contributed by atoms with Crippen molar-refractivity contribution in [1.29, 1.82) is 0 Å². The first kappa shape index (κ1) is 30.3. The van der Waals surface area contributed by atoms with Crippen LogP contribution in [0, 0.1) is 18.4 Å². The molecule has 0 aliphatic rings. The average molecular weight is 504 g/mol. The van der Waals surface area contributed by atoms with Gasteiger partial charge in [0.1, 0.15) is 17.4 Å². The maximum atomic E-state index is 13.6. The van der Waals surface area contributed by atoms with Crippen molar-refractivity contribution >= 4 is 23.9 Å². The quantitative estimate of drug-likeness (QED) is 0.240. The first-order valence-corrected chi connectivity index (χ1v) is 11.8. The van der Waals surface area contributed by atoms with Crippen LogP contribution < -0.4 is 10.6 Å². The van der Waals surface area contributed by atoms with Crippen LogP contribution in [0.5, 0.6) is 5.75 Å². The number of ether oxygens (including phenoxy) is 2. The molecule has 0 aliphatic heterocycles. The Bertz CT molecular complexity index is 963. The molecular formula is C26H37N3O7. The second-order valence-corrected chi connectivity index (χ2v) is 9.47. The highest BCUT2D eigenvalue weighted by Crippen LogP contribution is 2.29. The van der Waals surface area contributed by atoms with Gasteiger partial charge < -0.3 is 25.2 Å². The van der Waals surface area contributed by atoms with Gasteiger partial charge in [0, 0.05) is 18.2 Å². The number of carbonyl (C=O) groups is 4. The summed E-state index contributed by atoms with van der Waals surface area (Å²) in [6, 6.07) is 5.66. The minimum atomic E-state index is -1.43. The summed E-state index contributed by atoms with van der Waals surface area (Å²) >= 11 is 0. The number of phenols is 1. The largest absolute Gasteiger partial charge is 0.508 e. The van der Waals surface area contributed by atoms with Crippen molar-refractivity contribution in [2.75, 3.05) is 13.2 Å². The molecule has 3 amide bonds. The second kappa shape index (κ2) is 14.0. The van der Waals surface area contributed by atoms with Gasteiger partial charge in [0.15, 0.2) is 6.04 Å². The van der Waals surface area contributed by atoms with Crippen molar-refractivity contribution in [3.63, 3.8) is 0 Å². The Morgan fingerprint density at radius 1 is 1.17 bits per heavy atom. The van der Waals surface area contributed by atoms with Crippen LogP contribution in [0.15, 0.2) is 24.3 Å². The molecule has 36 heavy (non-hydrogen) atoms. The van der Waals surface area contributed by atoms with E-state index in [1.165, 1.54) is 12.1 Å². The third-order valence-corrected chi connectivity index (χ3v) is 4.74. The summed E-state index contributed by atoms with van der Waals surface area (Å²) in [4.78, 5) is 51.7. The zero-order valence-corrected chi connectivity index (χ0v) is 21.8. The molecule has 10 nitrogen and oxygen atoms in total. The van der Waals surface area contributed by atoms with Crippen molar-refractivity contribution in [2.24, 2.45) is 5.92 Å². The molecule has 0 spiro atoms. The Morgan fingerprint density at radius 2 is 1.81 bits per heavy atom. The standard InChI is InChI=1S/C26H37N3O7/c1-8-29(24(33)19(16-17(3)4)28-25(34)36-26(5,6)7)22(18-12-10-11-13-20(18)30)23(32)27-15-14-21(31)35-9-2/h1,10-13,17,19,22,30H,9,14-16H2,2-7H3,(H,27,32)(H,28,34). The SMILES string of the molecule is C#CN(C(=O)C(CC(C)C)NC(=O)OC(C)(C)C)C(C(=O)NCCC(=O)OCC)c1ccccc1O. The molecule has 1 aromatic carbocycles. The lowest BCUT2D eigenvalue weighted by Crippen LogP contribution is -2.52. The number of alkyl carbamates (subject to hydrolysis) is 1. The molecule has 1 rings (SSSR count). The highest BCUT2D eigenvalue weighted by molar-refractivity contribution is 5.93. The fourth-order valence-corrected chi connectivity index (χ4v) is 3.31. The second-order valence-electron chi connectivity index (χ2n) is 9.47. The van der Waals surface area contributed by atoms with E-state index in [-0.39, 0.29) is 43.2 Å². The van der Waals surface area contributed by atoms with Gasteiger partial charge in [-0.05, 0) is 46.1 Å². The third kappa shape index (κ3) is 9.86. The Kier molecular flexibility index (Phi) is 11.8. The van der Waals surface area contributed by atoms with Crippen LogP contribution >= 0.6 is 0 Å². The highest BCUT2D eigenvalue weighted by Gasteiger charge is 2.37. The number of hydrogen-bond acceptors (Lipinski definition) is 7. The van der Waals surface area contributed by atoms with Crippen LogP contribution in [-0.4, -0.2) is 58.7 Å². The molecule has 198 valence electrons. The maximum Gasteiger partial charge on any atom is 0.408 e. The highest BCUT2D eigenvalue weighted by atomic mass is 16.6. The van der Waals surface area contributed by atoms with Crippen LogP contribution in [0.25, 0.3) is 0 Å². The number of benzene rings is 1. The number of amides is 3. The van der Waals surface area contributed by atoms with Crippen LogP contribution in [0.1, 0.15) is 66.0 Å². The van der Waals surface area contributed by atoms with Crippen molar-refractivity contribution < 1.29 is 33.8 Å². The van der Waals surface area contributed by atoms with Gasteiger partial charge >= 0.3 is 12.1 Å². The molecule has 0 bridgehead atoms. The molecule has 0 saturated heterocycles. The molecule has 0 radical (unpaired) electrons.